The molecule has 0 saturated carbocycles. The van der Waals surface area contributed by atoms with Crippen molar-refractivity contribution >= 4 is 23.8 Å². The fourth-order valence-electron chi connectivity index (χ4n) is 1.82. The molecule has 1 rings (SSSR count). The Morgan fingerprint density at radius 3 is 1.88 bits per heavy atom. The Morgan fingerprint density at radius 1 is 1.08 bits per heavy atom. The maximum Gasteiger partial charge on any atom is 0.517 e. The van der Waals surface area contributed by atoms with E-state index in [-0.39, 0.29) is 0 Å². The zero-order valence-corrected chi connectivity index (χ0v) is 15.0. The van der Waals surface area contributed by atoms with Crippen LogP contribution in [0.3, 0.4) is 0 Å². The van der Waals surface area contributed by atoms with Crippen LogP contribution in [0.5, 0.6) is 5.75 Å². The Labute approximate surface area is 146 Å². The highest BCUT2D eigenvalue weighted by Crippen LogP contribution is 2.29. The van der Waals surface area contributed by atoms with Gasteiger partial charge in [0.25, 0.3) is 11.8 Å². The summed E-state index contributed by atoms with van der Waals surface area (Å²) < 4.78 is 14.9. The summed E-state index contributed by atoms with van der Waals surface area (Å²) in [6, 6.07) is 3.22. The largest absolute Gasteiger partial charge is 0.517 e. The summed E-state index contributed by atoms with van der Waals surface area (Å²) in [7, 11) is 0. The number of carbonyl (C=O) groups is 3. The number of carbonyl (C=O) groups excluding carboxylic acids is 2. The Hall–Kier alpha value is -3.08. The summed E-state index contributed by atoms with van der Waals surface area (Å²) in [6.07, 6.45) is -0.983. The van der Waals surface area contributed by atoms with E-state index in [1.54, 1.807) is 26.0 Å². The number of rotatable bonds is 3. The molecule has 8 heteroatoms. The van der Waals surface area contributed by atoms with Crippen LogP contribution in [-0.4, -0.2) is 29.0 Å². The summed E-state index contributed by atoms with van der Waals surface area (Å²) in [5.74, 6) is -2.49. The second-order valence-electron chi connectivity index (χ2n) is 5.49. The number of hydrogen-bond donors (Lipinski definition) is 1. The van der Waals surface area contributed by atoms with Crippen molar-refractivity contribution in [3.8, 4) is 5.75 Å². The molecule has 0 heterocycles. The number of esters is 1. The van der Waals surface area contributed by atoms with Gasteiger partial charge in [-0.15, -0.1) is 0 Å². The normalized spacial score (nSPS) is 9.80. The van der Waals surface area contributed by atoms with E-state index in [2.05, 4.69) is 4.85 Å². The quantitative estimate of drug-likeness (QED) is 0.383. The molecule has 0 spiro atoms. The van der Waals surface area contributed by atoms with Crippen LogP contribution in [0.2, 0.25) is 0 Å². The predicted molar refractivity (Wildman–Crippen MR) is 88.4 cm³/mol. The average molecular weight is 351 g/mol. The zero-order valence-electron chi connectivity index (χ0n) is 15.0. The zero-order chi connectivity index (χ0) is 19.8. The molecule has 8 nitrogen and oxygen atoms in total. The number of benzene rings is 1. The topological polar surface area (TPSA) is 103 Å². The summed E-state index contributed by atoms with van der Waals surface area (Å²) in [5.41, 5.74) is 1.75. The van der Waals surface area contributed by atoms with E-state index in [4.69, 9.17) is 30.7 Å². The first-order valence-corrected chi connectivity index (χ1v) is 7.16. The van der Waals surface area contributed by atoms with Crippen LogP contribution in [0.15, 0.2) is 12.1 Å². The van der Waals surface area contributed by atoms with Crippen LogP contribution < -0.4 is 4.74 Å². The standard InChI is InChI=1S/C15H17NO5.C2H4O2/c1-9-7-12(16-6)8-10(2)13(9)19-14(18)21-15(4,5)20-11(3)17;1-2(3)4/h7-8H,1-5H3;1H3,(H,3,4). The van der Waals surface area contributed by atoms with Crippen LogP contribution in [0.4, 0.5) is 10.5 Å². The van der Waals surface area contributed by atoms with Gasteiger partial charge in [0.2, 0.25) is 0 Å². The number of aryl methyl sites for hydroxylation is 2. The van der Waals surface area contributed by atoms with Crippen molar-refractivity contribution in [2.45, 2.75) is 47.3 Å². The second-order valence-corrected chi connectivity index (χ2v) is 5.49. The van der Waals surface area contributed by atoms with E-state index >= 15 is 0 Å². The third kappa shape index (κ3) is 8.95. The molecule has 0 bridgehead atoms. The summed E-state index contributed by atoms with van der Waals surface area (Å²) in [6.45, 7) is 15.6. The Kier molecular flexibility index (Phi) is 8.13. The van der Waals surface area contributed by atoms with Gasteiger partial charge in [-0.3, -0.25) is 9.59 Å². The summed E-state index contributed by atoms with van der Waals surface area (Å²) in [4.78, 5) is 35.0. The van der Waals surface area contributed by atoms with Crippen molar-refractivity contribution in [3.05, 3.63) is 34.7 Å². The minimum absolute atomic E-state index is 0.325. The Balaban J connectivity index is 0.00000129. The molecule has 136 valence electrons. The Morgan fingerprint density at radius 2 is 1.52 bits per heavy atom. The maximum absolute atomic E-state index is 11.8. The van der Waals surface area contributed by atoms with E-state index in [0.29, 0.717) is 22.6 Å². The van der Waals surface area contributed by atoms with Crippen LogP contribution in [0.1, 0.15) is 38.8 Å². The van der Waals surface area contributed by atoms with Gasteiger partial charge in [0.05, 0.1) is 6.57 Å². The highest BCUT2D eigenvalue weighted by atomic mass is 16.8. The summed E-state index contributed by atoms with van der Waals surface area (Å²) >= 11 is 0. The SMILES string of the molecule is CC(=O)O.[C-]#[N+]c1cc(C)c(OC(=O)OC(C)(C)OC(C)=O)c(C)c1. The molecular formula is C17H21NO7. The lowest BCUT2D eigenvalue weighted by Crippen LogP contribution is -2.34. The van der Waals surface area contributed by atoms with Crippen molar-refractivity contribution in [1.82, 2.24) is 0 Å². The molecule has 0 fully saturated rings. The van der Waals surface area contributed by atoms with Gasteiger partial charge in [-0.2, -0.15) is 0 Å². The predicted octanol–water partition coefficient (Wildman–Crippen LogP) is 3.76. The molecule has 1 aromatic carbocycles. The van der Waals surface area contributed by atoms with Crippen LogP contribution in [0, 0.1) is 20.4 Å². The van der Waals surface area contributed by atoms with Crippen LogP contribution >= 0.6 is 0 Å². The first kappa shape index (κ1) is 21.9. The first-order valence-electron chi connectivity index (χ1n) is 7.16. The number of nitrogens with zero attached hydrogens (tertiary/aromatic N) is 1. The first-order chi connectivity index (χ1) is 11.4. The molecule has 0 aliphatic rings. The van der Waals surface area contributed by atoms with E-state index in [9.17, 15) is 9.59 Å². The van der Waals surface area contributed by atoms with E-state index in [0.717, 1.165) is 6.92 Å². The lowest BCUT2D eigenvalue weighted by Gasteiger charge is -2.24. The summed E-state index contributed by atoms with van der Waals surface area (Å²) in [5, 5.41) is 7.42. The van der Waals surface area contributed by atoms with Gasteiger partial charge in [0.1, 0.15) is 5.75 Å². The van der Waals surface area contributed by atoms with Crippen molar-refractivity contribution in [2.24, 2.45) is 0 Å². The molecule has 0 atom stereocenters. The number of ether oxygens (including phenoxy) is 3. The monoisotopic (exact) mass is 351 g/mol. The van der Waals surface area contributed by atoms with Gasteiger partial charge in [-0.1, -0.05) is 0 Å². The van der Waals surface area contributed by atoms with Gasteiger partial charge in [0, 0.05) is 27.7 Å². The average Bonchev–Trinajstić information content (AvgIpc) is 2.39. The van der Waals surface area contributed by atoms with E-state index < -0.39 is 23.9 Å². The molecule has 25 heavy (non-hydrogen) atoms. The van der Waals surface area contributed by atoms with Gasteiger partial charge >= 0.3 is 12.1 Å². The van der Waals surface area contributed by atoms with Crippen molar-refractivity contribution in [3.63, 3.8) is 0 Å². The fourth-order valence-corrected chi connectivity index (χ4v) is 1.82. The molecule has 0 aromatic heterocycles. The number of aliphatic carboxylic acids is 1. The molecular weight excluding hydrogens is 330 g/mol. The maximum atomic E-state index is 11.8. The smallest absolute Gasteiger partial charge is 0.481 e. The number of carboxylic acid groups (broad SMARTS) is 1. The van der Waals surface area contributed by atoms with Crippen molar-refractivity contribution in [2.75, 3.05) is 0 Å². The Bertz CT molecular complexity index is 674. The third-order valence-electron chi connectivity index (χ3n) is 2.48. The molecule has 0 unspecified atom stereocenters. The molecule has 1 N–H and O–H groups in total. The van der Waals surface area contributed by atoms with Gasteiger partial charge in [0.15, 0.2) is 5.69 Å². The third-order valence-corrected chi connectivity index (χ3v) is 2.48. The molecule has 0 aliphatic carbocycles. The number of carboxylic acids is 1. The lowest BCUT2D eigenvalue weighted by molar-refractivity contribution is -0.195. The minimum atomic E-state index is -1.42. The second kappa shape index (κ2) is 9.27. The van der Waals surface area contributed by atoms with Crippen LogP contribution in [-0.2, 0) is 19.1 Å². The lowest BCUT2D eigenvalue weighted by atomic mass is 10.1. The van der Waals surface area contributed by atoms with Crippen LogP contribution in [0.25, 0.3) is 4.85 Å². The van der Waals surface area contributed by atoms with E-state index in [1.165, 1.54) is 20.8 Å². The van der Waals surface area contributed by atoms with Gasteiger partial charge in [-0.05, 0) is 37.1 Å². The molecule has 0 saturated heterocycles. The fraction of sp³-hybridized carbons (Fsp3) is 0.412. The number of hydrogen-bond acceptors (Lipinski definition) is 6. The molecule has 0 radical (unpaired) electrons. The van der Waals surface area contributed by atoms with E-state index in [1.807, 2.05) is 0 Å². The molecule has 0 amide bonds. The minimum Gasteiger partial charge on any atom is -0.481 e. The highest BCUT2D eigenvalue weighted by Gasteiger charge is 2.28. The van der Waals surface area contributed by atoms with Crippen molar-refractivity contribution in [1.29, 1.82) is 0 Å². The molecule has 0 aliphatic heterocycles. The highest BCUT2D eigenvalue weighted by molar-refractivity contribution is 5.69. The van der Waals surface area contributed by atoms with Gasteiger partial charge < -0.3 is 19.3 Å². The van der Waals surface area contributed by atoms with Gasteiger partial charge in [-0.25, -0.2) is 9.64 Å². The van der Waals surface area contributed by atoms with Crippen molar-refractivity contribution < 1.29 is 33.7 Å². The molecule has 1 aromatic rings.